The highest BCUT2D eigenvalue weighted by Gasteiger charge is 2.19. The van der Waals surface area contributed by atoms with Crippen molar-refractivity contribution < 1.29 is 5.11 Å². The van der Waals surface area contributed by atoms with Crippen LogP contribution in [0.25, 0.3) is 0 Å². The van der Waals surface area contributed by atoms with E-state index in [2.05, 4.69) is 36.6 Å². The molecule has 126 valence electrons. The summed E-state index contributed by atoms with van der Waals surface area (Å²) in [5, 5.41) is 18.4. The fourth-order valence-corrected chi connectivity index (χ4v) is 3.12. The normalized spacial score (nSPS) is 16.5. The summed E-state index contributed by atoms with van der Waals surface area (Å²) >= 11 is 5.27. The van der Waals surface area contributed by atoms with Crippen molar-refractivity contribution in [1.29, 1.82) is 0 Å². The second-order valence-corrected chi connectivity index (χ2v) is 7.58. The molecule has 4 nitrogen and oxygen atoms in total. The fourth-order valence-electron chi connectivity index (χ4n) is 2.90. The number of hydrogen-bond donors (Lipinski definition) is 3. The van der Waals surface area contributed by atoms with Gasteiger partial charge in [-0.1, -0.05) is 52.2 Å². The van der Waals surface area contributed by atoms with Gasteiger partial charge in [0.2, 0.25) is 0 Å². The molecule has 0 amide bonds. The molecule has 1 aliphatic rings. The summed E-state index contributed by atoms with van der Waals surface area (Å²) in [4.78, 5) is 0. The van der Waals surface area contributed by atoms with Crippen molar-refractivity contribution in [1.82, 2.24) is 10.7 Å². The first-order chi connectivity index (χ1) is 10.9. The molecule has 2 rings (SSSR count). The van der Waals surface area contributed by atoms with Gasteiger partial charge in [0.05, 0.1) is 6.21 Å². The maximum absolute atomic E-state index is 10.4. The standard InChI is InChI=1S/C18H27N3OS/c1-18(2,3)15-11-7-8-13(16(15)22)12-19-21-17(23)20-14-9-5-4-6-10-14/h7-8,11-12,14,22H,4-6,9-10H2,1-3H3,(H2,20,21,23)/b19-12+. The minimum absolute atomic E-state index is 0.112. The maximum Gasteiger partial charge on any atom is 0.187 e. The number of rotatable bonds is 3. The van der Waals surface area contributed by atoms with Crippen LogP contribution in [-0.4, -0.2) is 22.5 Å². The lowest BCUT2D eigenvalue weighted by atomic mass is 9.85. The van der Waals surface area contributed by atoms with Gasteiger partial charge in [0.1, 0.15) is 5.75 Å². The highest BCUT2D eigenvalue weighted by molar-refractivity contribution is 7.80. The average molecular weight is 334 g/mol. The van der Waals surface area contributed by atoms with Gasteiger partial charge in [-0.05, 0) is 42.1 Å². The largest absolute Gasteiger partial charge is 0.507 e. The van der Waals surface area contributed by atoms with E-state index in [1.54, 1.807) is 6.21 Å². The van der Waals surface area contributed by atoms with E-state index >= 15 is 0 Å². The highest BCUT2D eigenvalue weighted by atomic mass is 32.1. The summed E-state index contributed by atoms with van der Waals surface area (Å²) in [6, 6.07) is 6.17. The Balaban J connectivity index is 1.94. The van der Waals surface area contributed by atoms with Crippen LogP contribution in [0.3, 0.4) is 0 Å². The lowest BCUT2D eigenvalue weighted by Gasteiger charge is -2.23. The van der Waals surface area contributed by atoms with Crippen LogP contribution in [0, 0.1) is 0 Å². The Morgan fingerprint density at radius 2 is 1.96 bits per heavy atom. The number of benzene rings is 1. The van der Waals surface area contributed by atoms with Crippen molar-refractivity contribution in [3.8, 4) is 5.75 Å². The molecule has 1 saturated carbocycles. The molecule has 0 bridgehead atoms. The number of para-hydroxylation sites is 1. The molecule has 0 aliphatic heterocycles. The number of nitrogens with zero attached hydrogens (tertiary/aromatic N) is 1. The second kappa shape index (κ2) is 7.77. The van der Waals surface area contributed by atoms with E-state index in [-0.39, 0.29) is 11.2 Å². The molecule has 0 heterocycles. The first-order valence-corrected chi connectivity index (χ1v) is 8.71. The zero-order valence-electron chi connectivity index (χ0n) is 14.2. The molecular formula is C18H27N3OS. The van der Waals surface area contributed by atoms with Crippen LogP contribution in [0.5, 0.6) is 5.75 Å². The first-order valence-electron chi connectivity index (χ1n) is 8.30. The molecule has 0 atom stereocenters. The maximum atomic E-state index is 10.4. The zero-order chi connectivity index (χ0) is 16.9. The van der Waals surface area contributed by atoms with Gasteiger partial charge in [-0.3, -0.25) is 5.43 Å². The predicted molar refractivity (Wildman–Crippen MR) is 100 cm³/mol. The first kappa shape index (κ1) is 17.7. The van der Waals surface area contributed by atoms with Crippen LogP contribution in [0.2, 0.25) is 0 Å². The zero-order valence-corrected chi connectivity index (χ0v) is 15.0. The third kappa shape index (κ3) is 5.20. The number of thiocarbonyl (C=S) groups is 1. The smallest absolute Gasteiger partial charge is 0.187 e. The Morgan fingerprint density at radius 3 is 2.61 bits per heavy atom. The number of hydrazone groups is 1. The Labute approximate surface area is 144 Å². The summed E-state index contributed by atoms with van der Waals surface area (Å²) in [6.07, 6.45) is 7.78. The van der Waals surface area contributed by atoms with Crippen LogP contribution in [0.15, 0.2) is 23.3 Å². The van der Waals surface area contributed by atoms with Crippen LogP contribution < -0.4 is 10.7 Å². The van der Waals surface area contributed by atoms with E-state index in [1.165, 1.54) is 32.1 Å². The summed E-state index contributed by atoms with van der Waals surface area (Å²) in [5.74, 6) is 0.275. The van der Waals surface area contributed by atoms with Gasteiger partial charge in [0.15, 0.2) is 5.11 Å². The van der Waals surface area contributed by atoms with Crippen molar-refractivity contribution in [3.63, 3.8) is 0 Å². The molecule has 1 aromatic carbocycles. The van der Waals surface area contributed by atoms with E-state index in [4.69, 9.17) is 12.2 Å². The molecular weight excluding hydrogens is 306 g/mol. The molecule has 23 heavy (non-hydrogen) atoms. The summed E-state index contributed by atoms with van der Waals surface area (Å²) in [6.45, 7) is 6.22. The Morgan fingerprint density at radius 1 is 1.26 bits per heavy atom. The predicted octanol–water partition coefficient (Wildman–Crippen LogP) is 3.82. The van der Waals surface area contributed by atoms with Crippen LogP contribution in [0.4, 0.5) is 0 Å². The number of phenols is 1. The number of hydrogen-bond acceptors (Lipinski definition) is 3. The average Bonchev–Trinajstić information content (AvgIpc) is 2.49. The highest BCUT2D eigenvalue weighted by Crippen LogP contribution is 2.32. The van der Waals surface area contributed by atoms with Crippen LogP contribution >= 0.6 is 12.2 Å². The van der Waals surface area contributed by atoms with Crippen molar-refractivity contribution in [2.75, 3.05) is 0 Å². The summed E-state index contributed by atoms with van der Waals surface area (Å²) in [7, 11) is 0. The molecule has 0 radical (unpaired) electrons. The summed E-state index contributed by atoms with van der Waals surface area (Å²) in [5.41, 5.74) is 4.32. The quantitative estimate of drug-likeness (QED) is 0.447. The van der Waals surface area contributed by atoms with Gasteiger partial charge in [-0.15, -0.1) is 0 Å². The molecule has 3 N–H and O–H groups in total. The molecule has 5 heteroatoms. The topological polar surface area (TPSA) is 56.7 Å². The lowest BCUT2D eigenvalue weighted by Crippen LogP contribution is -2.40. The Bertz CT molecular complexity index is 572. The van der Waals surface area contributed by atoms with E-state index in [1.807, 2.05) is 18.2 Å². The molecule has 1 aromatic rings. The third-order valence-corrected chi connectivity index (χ3v) is 4.39. The Kier molecular flexibility index (Phi) is 5.99. The van der Waals surface area contributed by atoms with E-state index < -0.39 is 0 Å². The second-order valence-electron chi connectivity index (χ2n) is 7.17. The van der Waals surface area contributed by atoms with Crippen LogP contribution in [-0.2, 0) is 5.41 Å². The van der Waals surface area contributed by atoms with Crippen LogP contribution in [0.1, 0.15) is 64.0 Å². The van der Waals surface area contributed by atoms with Crippen molar-refractivity contribution in [2.45, 2.75) is 64.3 Å². The molecule has 0 spiro atoms. The molecule has 1 fully saturated rings. The lowest BCUT2D eigenvalue weighted by molar-refractivity contribution is 0.412. The Hall–Kier alpha value is -1.62. The minimum Gasteiger partial charge on any atom is -0.507 e. The third-order valence-electron chi connectivity index (χ3n) is 4.19. The van der Waals surface area contributed by atoms with Gasteiger partial charge in [-0.2, -0.15) is 5.10 Å². The van der Waals surface area contributed by atoms with Crippen molar-refractivity contribution >= 4 is 23.5 Å². The number of nitrogens with one attached hydrogen (secondary N) is 2. The SMILES string of the molecule is CC(C)(C)c1cccc(/C=N/NC(=S)NC2CCCCC2)c1O. The molecule has 0 unspecified atom stereocenters. The number of phenolic OH excluding ortho intramolecular Hbond substituents is 1. The molecule has 0 saturated heterocycles. The molecule has 1 aliphatic carbocycles. The van der Waals surface area contributed by atoms with Gasteiger partial charge < -0.3 is 10.4 Å². The van der Waals surface area contributed by atoms with Gasteiger partial charge >= 0.3 is 0 Å². The van der Waals surface area contributed by atoms with Crippen molar-refractivity contribution in [3.05, 3.63) is 29.3 Å². The van der Waals surface area contributed by atoms with E-state index in [0.717, 1.165) is 5.56 Å². The van der Waals surface area contributed by atoms with Crippen molar-refractivity contribution in [2.24, 2.45) is 5.10 Å². The van der Waals surface area contributed by atoms with Gasteiger partial charge in [-0.25, -0.2) is 0 Å². The minimum atomic E-state index is -0.112. The monoisotopic (exact) mass is 333 g/mol. The van der Waals surface area contributed by atoms with Gasteiger partial charge in [0.25, 0.3) is 0 Å². The summed E-state index contributed by atoms with van der Waals surface area (Å²) < 4.78 is 0. The van der Waals surface area contributed by atoms with E-state index in [0.29, 0.717) is 16.7 Å². The fraction of sp³-hybridized carbons (Fsp3) is 0.556. The number of aromatic hydroxyl groups is 1. The molecule has 0 aromatic heterocycles. The van der Waals surface area contributed by atoms with E-state index in [9.17, 15) is 5.11 Å². The van der Waals surface area contributed by atoms with Gasteiger partial charge in [0, 0.05) is 11.6 Å².